The lowest BCUT2D eigenvalue weighted by Crippen LogP contribution is -2.30. The highest BCUT2D eigenvalue weighted by atomic mass is 15.2. The Balaban J connectivity index is 1.88. The maximum atomic E-state index is 4.47. The molecule has 1 fully saturated rings. The quantitative estimate of drug-likeness (QED) is 0.902. The van der Waals surface area contributed by atoms with Crippen LogP contribution >= 0.6 is 0 Å². The summed E-state index contributed by atoms with van der Waals surface area (Å²) >= 11 is 0. The summed E-state index contributed by atoms with van der Waals surface area (Å²) in [5.41, 5.74) is 0.928. The van der Waals surface area contributed by atoms with Crippen LogP contribution in [-0.4, -0.2) is 28.0 Å². The number of nitrogens with zero attached hydrogens (tertiary/aromatic N) is 3. The lowest BCUT2D eigenvalue weighted by atomic mass is 10.1. The van der Waals surface area contributed by atoms with Gasteiger partial charge in [0, 0.05) is 19.3 Å². The fraction of sp³-hybridized carbons (Fsp3) is 0.571. The summed E-state index contributed by atoms with van der Waals surface area (Å²) in [6.07, 6.45) is 8.81. The zero-order valence-electron chi connectivity index (χ0n) is 11.1. The van der Waals surface area contributed by atoms with Gasteiger partial charge in [0.2, 0.25) is 0 Å². The topological polar surface area (TPSA) is 44.8 Å². The van der Waals surface area contributed by atoms with Crippen molar-refractivity contribution in [2.45, 2.75) is 38.6 Å². The number of nitrogens with one attached hydrogen (secondary N) is 1. The van der Waals surface area contributed by atoms with E-state index < -0.39 is 0 Å². The molecule has 0 bridgehead atoms. The first-order valence-corrected chi connectivity index (χ1v) is 6.80. The fourth-order valence-electron chi connectivity index (χ4n) is 3.08. The van der Waals surface area contributed by atoms with Gasteiger partial charge in [-0.05, 0) is 31.2 Å². The molecular weight excluding hydrogens is 224 g/mol. The zero-order valence-corrected chi connectivity index (χ0v) is 11.1. The van der Waals surface area contributed by atoms with Crippen molar-refractivity contribution in [1.82, 2.24) is 15.0 Å². The van der Waals surface area contributed by atoms with E-state index in [9.17, 15) is 0 Å². The van der Waals surface area contributed by atoms with Crippen LogP contribution in [0.4, 0.5) is 5.82 Å². The third-order valence-corrected chi connectivity index (χ3v) is 4.31. The van der Waals surface area contributed by atoms with Crippen molar-refractivity contribution in [2.24, 2.45) is 5.92 Å². The van der Waals surface area contributed by atoms with Gasteiger partial charge >= 0.3 is 0 Å². The minimum Gasteiger partial charge on any atom is -0.356 e. The smallest absolute Gasteiger partial charge is 0.142 e. The molecule has 18 heavy (non-hydrogen) atoms. The van der Waals surface area contributed by atoms with Gasteiger partial charge in [0.15, 0.2) is 0 Å². The van der Waals surface area contributed by atoms with Gasteiger partial charge in [-0.1, -0.05) is 13.3 Å². The molecule has 1 aliphatic carbocycles. The van der Waals surface area contributed by atoms with Gasteiger partial charge in [0.05, 0.1) is 5.39 Å². The second-order valence-electron chi connectivity index (χ2n) is 5.29. The molecular formula is C14H20N4. The predicted molar refractivity (Wildman–Crippen MR) is 73.7 cm³/mol. The van der Waals surface area contributed by atoms with E-state index in [0.717, 1.165) is 22.8 Å². The Morgan fingerprint density at radius 2 is 2.28 bits per heavy atom. The maximum absolute atomic E-state index is 4.47. The van der Waals surface area contributed by atoms with Crippen molar-refractivity contribution in [3.63, 3.8) is 0 Å². The Kier molecular flexibility index (Phi) is 2.94. The third-order valence-electron chi connectivity index (χ3n) is 4.31. The number of aromatic nitrogens is 3. The molecule has 1 N–H and O–H groups in total. The summed E-state index contributed by atoms with van der Waals surface area (Å²) < 4.78 is 0. The average molecular weight is 244 g/mol. The molecule has 0 aromatic carbocycles. The number of anilines is 1. The first kappa shape index (κ1) is 11.5. The van der Waals surface area contributed by atoms with E-state index >= 15 is 0 Å². The molecule has 0 aliphatic heterocycles. The van der Waals surface area contributed by atoms with Crippen LogP contribution in [-0.2, 0) is 0 Å². The van der Waals surface area contributed by atoms with Crippen molar-refractivity contribution in [1.29, 1.82) is 0 Å². The Labute approximate surface area is 107 Å². The summed E-state index contributed by atoms with van der Waals surface area (Å²) in [7, 11) is 2.16. The molecule has 0 spiro atoms. The van der Waals surface area contributed by atoms with Crippen LogP contribution in [0.25, 0.3) is 11.0 Å². The third kappa shape index (κ3) is 1.85. The van der Waals surface area contributed by atoms with Crippen molar-refractivity contribution in [3.05, 3.63) is 18.6 Å². The lowest BCUT2D eigenvalue weighted by molar-refractivity contribution is 0.515. The molecule has 2 aromatic heterocycles. The fourth-order valence-corrected chi connectivity index (χ4v) is 3.08. The molecule has 96 valence electrons. The van der Waals surface area contributed by atoms with Gasteiger partial charge < -0.3 is 9.88 Å². The molecule has 4 heteroatoms. The molecule has 2 aromatic rings. The molecule has 2 unspecified atom stereocenters. The SMILES string of the molecule is CCC1CCC(N(C)c2ncnc3[nH]ccc23)C1. The summed E-state index contributed by atoms with van der Waals surface area (Å²) in [5, 5.41) is 1.12. The summed E-state index contributed by atoms with van der Waals surface area (Å²) in [6.45, 7) is 2.29. The van der Waals surface area contributed by atoms with Crippen LogP contribution < -0.4 is 4.90 Å². The molecule has 2 atom stereocenters. The van der Waals surface area contributed by atoms with Crippen LogP contribution in [0, 0.1) is 5.92 Å². The van der Waals surface area contributed by atoms with Crippen LogP contribution in [0.15, 0.2) is 18.6 Å². The first-order valence-electron chi connectivity index (χ1n) is 6.80. The van der Waals surface area contributed by atoms with Crippen LogP contribution in [0.2, 0.25) is 0 Å². The summed E-state index contributed by atoms with van der Waals surface area (Å²) in [4.78, 5) is 14.2. The number of H-pyrrole nitrogens is 1. The molecule has 2 heterocycles. The van der Waals surface area contributed by atoms with Crippen LogP contribution in [0.3, 0.4) is 0 Å². The molecule has 1 saturated carbocycles. The molecule has 1 aliphatic rings. The lowest BCUT2D eigenvalue weighted by Gasteiger charge is -2.26. The second kappa shape index (κ2) is 4.59. The molecule has 0 saturated heterocycles. The summed E-state index contributed by atoms with van der Waals surface area (Å²) in [5.74, 6) is 1.95. The maximum Gasteiger partial charge on any atom is 0.142 e. The van der Waals surface area contributed by atoms with Gasteiger partial charge in [0.1, 0.15) is 17.8 Å². The molecule has 0 radical (unpaired) electrons. The van der Waals surface area contributed by atoms with E-state index in [4.69, 9.17) is 0 Å². The van der Waals surface area contributed by atoms with Crippen molar-refractivity contribution in [3.8, 4) is 0 Å². The average Bonchev–Trinajstić information content (AvgIpc) is 3.05. The van der Waals surface area contributed by atoms with E-state index in [0.29, 0.717) is 6.04 Å². The number of hydrogen-bond acceptors (Lipinski definition) is 3. The van der Waals surface area contributed by atoms with Crippen LogP contribution in [0.1, 0.15) is 32.6 Å². The van der Waals surface area contributed by atoms with E-state index in [-0.39, 0.29) is 0 Å². The minimum absolute atomic E-state index is 0.628. The van der Waals surface area contributed by atoms with Gasteiger partial charge in [0.25, 0.3) is 0 Å². The van der Waals surface area contributed by atoms with Crippen LogP contribution in [0.5, 0.6) is 0 Å². The van der Waals surface area contributed by atoms with Gasteiger partial charge in [-0.2, -0.15) is 0 Å². The highest BCUT2D eigenvalue weighted by Gasteiger charge is 2.27. The van der Waals surface area contributed by atoms with E-state index in [1.807, 2.05) is 6.20 Å². The number of aromatic amines is 1. The second-order valence-corrected chi connectivity index (χ2v) is 5.29. The van der Waals surface area contributed by atoms with Crippen molar-refractivity contribution >= 4 is 16.9 Å². The van der Waals surface area contributed by atoms with E-state index in [2.05, 4.69) is 39.9 Å². The van der Waals surface area contributed by atoms with Gasteiger partial charge in [-0.3, -0.25) is 0 Å². The van der Waals surface area contributed by atoms with E-state index in [1.165, 1.54) is 25.7 Å². The summed E-state index contributed by atoms with van der Waals surface area (Å²) in [6, 6.07) is 2.69. The van der Waals surface area contributed by atoms with E-state index in [1.54, 1.807) is 6.33 Å². The number of fused-ring (bicyclic) bond motifs is 1. The van der Waals surface area contributed by atoms with Crippen molar-refractivity contribution < 1.29 is 0 Å². The largest absolute Gasteiger partial charge is 0.356 e. The van der Waals surface area contributed by atoms with Gasteiger partial charge in [-0.15, -0.1) is 0 Å². The highest BCUT2D eigenvalue weighted by Crippen LogP contribution is 2.34. The van der Waals surface area contributed by atoms with Gasteiger partial charge in [-0.25, -0.2) is 9.97 Å². The standard InChI is InChI=1S/C14H20N4/c1-3-10-4-5-11(8-10)18(2)14-12-6-7-15-13(12)16-9-17-14/h6-7,9-11H,3-5,8H2,1-2H3,(H,15,16,17). The van der Waals surface area contributed by atoms with Crippen molar-refractivity contribution in [2.75, 3.05) is 11.9 Å². The monoisotopic (exact) mass is 244 g/mol. The number of hydrogen-bond donors (Lipinski definition) is 1. The zero-order chi connectivity index (χ0) is 12.5. The Hall–Kier alpha value is -1.58. The number of rotatable bonds is 3. The molecule has 4 nitrogen and oxygen atoms in total. The minimum atomic E-state index is 0.628. The normalized spacial score (nSPS) is 23.7. The Bertz CT molecular complexity index is 533. The predicted octanol–water partition coefficient (Wildman–Crippen LogP) is 2.97. The molecule has 0 amide bonds. The first-order chi connectivity index (χ1) is 8.79. The Morgan fingerprint density at radius 1 is 1.39 bits per heavy atom. The Morgan fingerprint density at radius 3 is 3.06 bits per heavy atom. The molecule has 3 rings (SSSR count). The highest BCUT2D eigenvalue weighted by molar-refractivity contribution is 5.87.